The van der Waals surface area contributed by atoms with Crippen LogP contribution in [0.2, 0.25) is 0 Å². The summed E-state index contributed by atoms with van der Waals surface area (Å²) in [5.74, 6) is 0.553. The molecule has 1 N–H and O–H groups in total. The molecule has 148 valence electrons. The van der Waals surface area contributed by atoms with Crippen molar-refractivity contribution in [1.29, 1.82) is 0 Å². The number of methoxy groups -OCH3 is 1. The molecule has 3 heterocycles. The molecule has 0 bridgehead atoms. The van der Waals surface area contributed by atoms with Gasteiger partial charge in [0.05, 0.1) is 12.0 Å². The number of alkyl halides is 2. The van der Waals surface area contributed by atoms with Crippen LogP contribution in [0.25, 0.3) is 10.2 Å². The van der Waals surface area contributed by atoms with Crippen molar-refractivity contribution in [2.45, 2.75) is 18.9 Å². The van der Waals surface area contributed by atoms with Crippen molar-refractivity contribution in [2.24, 2.45) is 7.05 Å². The number of benzene rings is 1. The summed E-state index contributed by atoms with van der Waals surface area (Å²) in [5, 5.41) is 7.21. The first-order chi connectivity index (χ1) is 13.5. The minimum atomic E-state index is -2.67. The molecule has 2 aromatic heterocycles. The van der Waals surface area contributed by atoms with Gasteiger partial charge in [0.15, 0.2) is 0 Å². The average Bonchev–Trinajstić information content (AvgIpc) is 3.38. The van der Waals surface area contributed by atoms with E-state index in [4.69, 9.17) is 4.74 Å². The highest BCUT2D eigenvalue weighted by atomic mass is 32.1. The van der Waals surface area contributed by atoms with Crippen LogP contribution in [0, 0.1) is 0 Å². The maximum absolute atomic E-state index is 13.1. The van der Waals surface area contributed by atoms with Crippen LogP contribution in [-0.4, -0.2) is 41.9 Å². The van der Waals surface area contributed by atoms with Gasteiger partial charge in [0.2, 0.25) is 0 Å². The molecular weight excluding hydrogens is 386 g/mol. The second-order valence-electron chi connectivity index (χ2n) is 6.75. The molecule has 1 aliphatic heterocycles. The number of hydrogen-bond acceptors (Lipinski definition) is 5. The molecule has 0 saturated carbocycles. The number of aryl methyl sites for hydroxylation is 1. The normalized spacial score (nSPS) is 16.9. The molecule has 0 spiro atoms. The summed E-state index contributed by atoms with van der Waals surface area (Å²) >= 11 is 1.18. The summed E-state index contributed by atoms with van der Waals surface area (Å²) < 4.78 is 32.9. The van der Waals surface area contributed by atoms with Gasteiger partial charge in [0.1, 0.15) is 16.3 Å². The van der Waals surface area contributed by atoms with Crippen LogP contribution < -0.4 is 15.0 Å². The Morgan fingerprint density at radius 3 is 2.96 bits per heavy atom. The standard InChI is InChI=1S/C19H20F2N4O2S/c1-24-19-14(16(23-24)17(20)21)9-15(28-19)18(26)22-11-6-7-25(10-11)12-4-3-5-13(8-12)27-2/h3-5,8-9,11,17H,6-7,10H2,1-2H3,(H,22,26). The number of rotatable bonds is 5. The molecule has 6 nitrogen and oxygen atoms in total. The van der Waals surface area contributed by atoms with E-state index in [1.165, 1.54) is 22.1 Å². The van der Waals surface area contributed by atoms with Crippen molar-refractivity contribution in [2.75, 3.05) is 25.1 Å². The SMILES string of the molecule is COc1cccc(N2CCC(NC(=O)c3cc4c(C(F)F)nn(C)c4s3)C2)c1. The number of aromatic nitrogens is 2. The monoisotopic (exact) mass is 406 g/mol. The van der Waals surface area contributed by atoms with Crippen molar-refractivity contribution in [3.63, 3.8) is 0 Å². The molecule has 1 atom stereocenters. The molecule has 28 heavy (non-hydrogen) atoms. The highest BCUT2D eigenvalue weighted by Crippen LogP contribution is 2.33. The number of carbonyl (C=O) groups is 1. The Kier molecular flexibility index (Phi) is 4.92. The lowest BCUT2D eigenvalue weighted by Crippen LogP contribution is -2.36. The Hall–Kier alpha value is -2.68. The Labute approximate surface area is 164 Å². The predicted octanol–water partition coefficient (Wildman–Crippen LogP) is 3.59. The van der Waals surface area contributed by atoms with Crippen LogP contribution >= 0.6 is 11.3 Å². The third kappa shape index (κ3) is 3.42. The van der Waals surface area contributed by atoms with Gasteiger partial charge in [-0.05, 0) is 24.6 Å². The predicted molar refractivity (Wildman–Crippen MR) is 105 cm³/mol. The highest BCUT2D eigenvalue weighted by Gasteiger charge is 2.27. The zero-order valence-electron chi connectivity index (χ0n) is 15.5. The summed E-state index contributed by atoms with van der Waals surface area (Å²) in [7, 11) is 3.24. The van der Waals surface area contributed by atoms with Crippen LogP contribution in [0.4, 0.5) is 14.5 Å². The summed E-state index contributed by atoms with van der Waals surface area (Å²) in [4.78, 5) is 15.8. The molecule has 1 saturated heterocycles. The lowest BCUT2D eigenvalue weighted by Gasteiger charge is -2.19. The molecule has 1 fully saturated rings. The van der Waals surface area contributed by atoms with Crippen LogP contribution in [0.5, 0.6) is 5.75 Å². The van der Waals surface area contributed by atoms with E-state index in [-0.39, 0.29) is 17.6 Å². The number of amides is 1. The van der Waals surface area contributed by atoms with Gasteiger partial charge in [-0.2, -0.15) is 5.10 Å². The van der Waals surface area contributed by atoms with Gasteiger partial charge in [-0.15, -0.1) is 11.3 Å². The first kappa shape index (κ1) is 18.7. The van der Waals surface area contributed by atoms with E-state index in [2.05, 4.69) is 15.3 Å². The molecular formula is C19H20F2N4O2S. The van der Waals surface area contributed by atoms with Gasteiger partial charge >= 0.3 is 0 Å². The Morgan fingerprint density at radius 2 is 2.21 bits per heavy atom. The van der Waals surface area contributed by atoms with E-state index in [9.17, 15) is 13.6 Å². The zero-order valence-corrected chi connectivity index (χ0v) is 16.3. The summed E-state index contributed by atoms with van der Waals surface area (Å²) in [6, 6.07) is 9.32. The second-order valence-corrected chi connectivity index (χ2v) is 7.78. The number of nitrogens with zero attached hydrogens (tertiary/aromatic N) is 3. The summed E-state index contributed by atoms with van der Waals surface area (Å²) in [6.07, 6.45) is -1.85. The van der Waals surface area contributed by atoms with Gasteiger partial charge in [0.25, 0.3) is 12.3 Å². The van der Waals surface area contributed by atoms with Crippen molar-refractivity contribution >= 4 is 33.1 Å². The van der Waals surface area contributed by atoms with Crippen LogP contribution in [0.15, 0.2) is 30.3 Å². The largest absolute Gasteiger partial charge is 0.497 e. The van der Waals surface area contributed by atoms with Crippen LogP contribution in [-0.2, 0) is 7.05 Å². The fraction of sp³-hybridized carbons (Fsp3) is 0.368. The van der Waals surface area contributed by atoms with Gasteiger partial charge in [0, 0.05) is 43.3 Å². The van der Waals surface area contributed by atoms with Crippen molar-refractivity contribution < 1.29 is 18.3 Å². The van der Waals surface area contributed by atoms with Gasteiger partial charge < -0.3 is 15.0 Å². The number of thiophene rings is 1. The Balaban J connectivity index is 1.45. The van der Waals surface area contributed by atoms with E-state index in [1.54, 1.807) is 14.2 Å². The molecule has 0 radical (unpaired) electrons. The molecule has 4 rings (SSSR count). The number of carbonyl (C=O) groups excluding carboxylic acids is 1. The molecule has 1 aromatic carbocycles. The first-order valence-electron chi connectivity index (χ1n) is 8.90. The Bertz CT molecular complexity index is 1020. The summed E-state index contributed by atoms with van der Waals surface area (Å²) in [5.41, 5.74) is 0.767. The molecule has 0 aliphatic carbocycles. The van der Waals surface area contributed by atoms with E-state index in [1.807, 2.05) is 24.3 Å². The molecule has 1 aliphatic rings. The van der Waals surface area contributed by atoms with Gasteiger partial charge in [-0.1, -0.05) is 6.07 Å². The zero-order chi connectivity index (χ0) is 19.8. The molecule has 1 amide bonds. The molecule has 9 heteroatoms. The second kappa shape index (κ2) is 7.38. The van der Waals surface area contributed by atoms with Crippen molar-refractivity contribution in [1.82, 2.24) is 15.1 Å². The number of nitrogens with one attached hydrogen (secondary N) is 1. The molecule has 3 aromatic rings. The fourth-order valence-electron chi connectivity index (χ4n) is 3.52. The van der Waals surface area contributed by atoms with Crippen molar-refractivity contribution in [3.8, 4) is 5.75 Å². The van der Waals surface area contributed by atoms with Crippen LogP contribution in [0.3, 0.4) is 0 Å². The highest BCUT2D eigenvalue weighted by molar-refractivity contribution is 7.20. The third-order valence-corrected chi connectivity index (χ3v) is 6.11. The van der Waals surface area contributed by atoms with E-state index >= 15 is 0 Å². The average molecular weight is 406 g/mol. The maximum Gasteiger partial charge on any atom is 0.282 e. The topological polar surface area (TPSA) is 59.4 Å². The Morgan fingerprint density at radius 1 is 1.39 bits per heavy atom. The van der Waals surface area contributed by atoms with E-state index in [0.717, 1.165) is 24.4 Å². The lowest BCUT2D eigenvalue weighted by atomic mass is 10.2. The number of anilines is 1. The van der Waals surface area contributed by atoms with Crippen LogP contribution in [0.1, 0.15) is 28.2 Å². The first-order valence-corrected chi connectivity index (χ1v) is 9.72. The van der Waals surface area contributed by atoms with Gasteiger partial charge in [-0.3, -0.25) is 9.48 Å². The van der Waals surface area contributed by atoms with Crippen molar-refractivity contribution in [3.05, 3.63) is 40.9 Å². The minimum absolute atomic E-state index is 0.00314. The smallest absolute Gasteiger partial charge is 0.282 e. The number of ether oxygens (including phenoxy) is 1. The quantitative estimate of drug-likeness (QED) is 0.704. The number of fused-ring (bicyclic) bond motifs is 1. The number of halogens is 2. The van der Waals surface area contributed by atoms with E-state index in [0.29, 0.717) is 21.6 Å². The molecule has 1 unspecified atom stereocenters. The third-order valence-electron chi connectivity index (χ3n) is 4.91. The minimum Gasteiger partial charge on any atom is -0.497 e. The fourth-order valence-corrected chi connectivity index (χ4v) is 4.50. The lowest BCUT2D eigenvalue weighted by molar-refractivity contribution is 0.0944. The maximum atomic E-state index is 13.1. The summed E-state index contributed by atoms with van der Waals surface area (Å²) in [6.45, 7) is 1.51. The van der Waals surface area contributed by atoms with E-state index < -0.39 is 6.43 Å². The number of hydrogen-bond donors (Lipinski definition) is 1. The van der Waals surface area contributed by atoms with Gasteiger partial charge in [-0.25, -0.2) is 8.78 Å².